The number of hydrogen-bond donors (Lipinski definition) is 2. The molecule has 0 aromatic heterocycles. The third-order valence-corrected chi connectivity index (χ3v) is 5.97. The summed E-state index contributed by atoms with van der Waals surface area (Å²) in [5.41, 5.74) is 0.524. The smallest absolute Gasteiger partial charge is 0.241 e. The number of amides is 1. The van der Waals surface area contributed by atoms with Gasteiger partial charge in [0.2, 0.25) is 15.9 Å². The average molecular weight is 413 g/mol. The zero-order chi connectivity index (χ0) is 20.4. The maximum absolute atomic E-state index is 13.2. The zero-order valence-corrected chi connectivity index (χ0v) is 17.1. The third kappa shape index (κ3) is 5.28. The van der Waals surface area contributed by atoms with Gasteiger partial charge in [0.25, 0.3) is 0 Å². The molecule has 2 rings (SSSR count). The zero-order valence-electron chi connectivity index (χ0n) is 15.5. The van der Waals surface area contributed by atoms with Gasteiger partial charge in [-0.1, -0.05) is 35.4 Å². The maximum Gasteiger partial charge on any atom is 0.241 e. The van der Waals surface area contributed by atoms with Crippen molar-refractivity contribution in [1.29, 1.82) is 0 Å². The number of benzene rings is 2. The van der Waals surface area contributed by atoms with E-state index >= 15 is 0 Å². The molecule has 0 spiro atoms. The molecule has 0 aliphatic heterocycles. The lowest BCUT2D eigenvalue weighted by Gasteiger charge is -2.29. The van der Waals surface area contributed by atoms with E-state index in [1.54, 1.807) is 26.0 Å². The number of rotatable bonds is 6. The van der Waals surface area contributed by atoms with E-state index in [4.69, 9.17) is 11.6 Å². The van der Waals surface area contributed by atoms with Crippen LogP contribution >= 0.6 is 11.6 Å². The van der Waals surface area contributed by atoms with Gasteiger partial charge < -0.3 is 5.32 Å². The predicted octanol–water partition coefficient (Wildman–Crippen LogP) is 3.51. The van der Waals surface area contributed by atoms with E-state index in [1.165, 1.54) is 31.2 Å². The summed E-state index contributed by atoms with van der Waals surface area (Å²) in [5, 5.41) is 2.92. The van der Waals surface area contributed by atoms with Crippen molar-refractivity contribution in [3.8, 4) is 0 Å². The number of halogens is 2. The van der Waals surface area contributed by atoms with E-state index in [1.807, 2.05) is 6.92 Å². The van der Waals surface area contributed by atoms with Crippen LogP contribution in [0.3, 0.4) is 0 Å². The molecule has 146 valence electrons. The molecule has 0 radical (unpaired) electrons. The first-order valence-electron chi connectivity index (χ1n) is 8.29. The minimum absolute atomic E-state index is 0.0774. The van der Waals surface area contributed by atoms with Crippen LogP contribution in [-0.2, 0) is 20.4 Å². The Morgan fingerprint density at radius 3 is 2.30 bits per heavy atom. The molecular formula is C19H22ClFN2O3S. The van der Waals surface area contributed by atoms with Crippen LogP contribution in [-0.4, -0.2) is 20.4 Å². The second-order valence-corrected chi connectivity index (χ2v) is 9.02. The van der Waals surface area contributed by atoms with Gasteiger partial charge in [0.1, 0.15) is 5.82 Å². The van der Waals surface area contributed by atoms with E-state index in [9.17, 15) is 17.6 Å². The van der Waals surface area contributed by atoms with Crippen LogP contribution in [0.5, 0.6) is 0 Å². The number of sulfonamides is 1. The summed E-state index contributed by atoms with van der Waals surface area (Å²) in [6.45, 7) is 6.70. The molecule has 0 saturated heterocycles. The Bertz CT molecular complexity index is 944. The highest BCUT2D eigenvalue weighted by molar-refractivity contribution is 7.89. The Labute approximate surface area is 164 Å². The van der Waals surface area contributed by atoms with Crippen molar-refractivity contribution >= 4 is 27.5 Å². The maximum atomic E-state index is 13.2. The molecule has 1 atom stereocenters. The molecule has 2 aromatic rings. The van der Waals surface area contributed by atoms with Crippen molar-refractivity contribution in [2.45, 2.75) is 44.2 Å². The predicted molar refractivity (Wildman–Crippen MR) is 104 cm³/mol. The lowest BCUT2D eigenvalue weighted by Crippen LogP contribution is -2.50. The fraction of sp³-hybridized carbons (Fsp3) is 0.316. The molecule has 0 fully saturated rings. The number of nitrogens with one attached hydrogen (secondary N) is 2. The molecule has 0 aliphatic carbocycles. The summed E-state index contributed by atoms with van der Waals surface area (Å²) < 4.78 is 40.5. The molecule has 27 heavy (non-hydrogen) atoms. The Hall–Kier alpha value is -1.96. The molecule has 2 aromatic carbocycles. The Morgan fingerprint density at radius 1 is 1.15 bits per heavy atom. The van der Waals surface area contributed by atoms with Crippen molar-refractivity contribution < 1.29 is 17.6 Å². The van der Waals surface area contributed by atoms with E-state index in [2.05, 4.69) is 10.0 Å². The van der Waals surface area contributed by atoms with Crippen LogP contribution in [0.1, 0.15) is 31.9 Å². The van der Waals surface area contributed by atoms with E-state index in [-0.39, 0.29) is 9.92 Å². The lowest BCUT2D eigenvalue weighted by molar-refractivity contribution is -0.124. The average Bonchev–Trinajstić information content (AvgIpc) is 2.53. The second-order valence-electron chi connectivity index (χ2n) is 6.89. The van der Waals surface area contributed by atoms with Crippen molar-refractivity contribution in [1.82, 2.24) is 10.0 Å². The summed E-state index contributed by atoms with van der Waals surface area (Å²) in [4.78, 5) is 12.6. The lowest BCUT2D eigenvalue weighted by atomic mass is 9.93. The molecule has 0 aliphatic rings. The van der Waals surface area contributed by atoms with Gasteiger partial charge in [0.15, 0.2) is 0 Å². The van der Waals surface area contributed by atoms with Crippen LogP contribution in [0, 0.1) is 12.7 Å². The molecule has 0 heterocycles. The summed E-state index contributed by atoms with van der Waals surface area (Å²) in [5.74, 6) is -1.01. The summed E-state index contributed by atoms with van der Waals surface area (Å²) in [6, 6.07) is 9.19. The minimum Gasteiger partial charge on any atom is -0.346 e. The molecule has 5 nitrogen and oxygen atoms in total. The largest absolute Gasteiger partial charge is 0.346 e. The fourth-order valence-corrected chi connectivity index (χ4v) is 4.16. The van der Waals surface area contributed by atoms with Crippen molar-refractivity contribution in [3.63, 3.8) is 0 Å². The van der Waals surface area contributed by atoms with Crippen LogP contribution in [0.25, 0.3) is 0 Å². The highest BCUT2D eigenvalue weighted by Gasteiger charge is 2.29. The van der Waals surface area contributed by atoms with Gasteiger partial charge in [-0.25, -0.2) is 12.8 Å². The first kappa shape index (κ1) is 21.3. The van der Waals surface area contributed by atoms with Gasteiger partial charge >= 0.3 is 0 Å². The van der Waals surface area contributed by atoms with E-state index < -0.39 is 33.3 Å². The monoisotopic (exact) mass is 412 g/mol. The van der Waals surface area contributed by atoms with Gasteiger partial charge in [-0.15, -0.1) is 0 Å². The Kier molecular flexibility index (Phi) is 6.29. The molecular weight excluding hydrogens is 391 g/mol. The first-order valence-corrected chi connectivity index (χ1v) is 10.1. The molecule has 1 amide bonds. The second kappa shape index (κ2) is 7.96. The molecule has 0 unspecified atom stereocenters. The standard InChI is InChI=1S/C19H22ClFN2O3S/c1-12-5-8-15(9-6-12)27(25,26)23-13(2)18(24)22-19(3,4)16-10-7-14(21)11-17(16)20/h5-11,13,23H,1-4H3,(H,22,24)/t13-/m0/s1. The molecule has 0 bridgehead atoms. The van der Waals surface area contributed by atoms with Gasteiger partial charge in [-0.2, -0.15) is 4.72 Å². The quantitative estimate of drug-likeness (QED) is 0.762. The number of aryl methyl sites for hydroxylation is 1. The highest BCUT2D eigenvalue weighted by atomic mass is 35.5. The molecule has 0 saturated carbocycles. The SMILES string of the molecule is Cc1ccc(S(=O)(=O)N[C@@H](C)C(=O)NC(C)(C)c2ccc(F)cc2Cl)cc1. The number of carbonyl (C=O) groups is 1. The fourth-order valence-electron chi connectivity index (χ4n) is 2.55. The Balaban J connectivity index is 2.13. The first-order chi connectivity index (χ1) is 12.4. The highest BCUT2D eigenvalue weighted by Crippen LogP contribution is 2.28. The normalized spacial score (nSPS) is 13.3. The topological polar surface area (TPSA) is 75.3 Å². The van der Waals surface area contributed by atoms with Crippen LogP contribution in [0.2, 0.25) is 5.02 Å². The van der Waals surface area contributed by atoms with Gasteiger partial charge in [0.05, 0.1) is 16.5 Å². The summed E-state index contributed by atoms with van der Waals surface area (Å²) in [6.07, 6.45) is 0. The number of carbonyl (C=O) groups excluding carboxylic acids is 1. The summed E-state index contributed by atoms with van der Waals surface area (Å²) >= 11 is 6.07. The molecule has 2 N–H and O–H groups in total. The van der Waals surface area contributed by atoms with E-state index in [0.717, 1.165) is 11.6 Å². The van der Waals surface area contributed by atoms with Crippen LogP contribution < -0.4 is 10.0 Å². The molecule has 8 heteroatoms. The van der Waals surface area contributed by atoms with Gasteiger partial charge in [-0.05, 0) is 57.5 Å². The number of hydrogen-bond acceptors (Lipinski definition) is 3. The Morgan fingerprint density at radius 2 is 1.74 bits per heavy atom. The summed E-state index contributed by atoms with van der Waals surface area (Å²) in [7, 11) is -3.84. The van der Waals surface area contributed by atoms with Crippen LogP contribution in [0.15, 0.2) is 47.4 Å². The van der Waals surface area contributed by atoms with Crippen molar-refractivity contribution in [2.24, 2.45) is 0 Å². The van der Waals surface area contributed by atoms with Crippen molar-refractivity contribution in [2.75, 3.05) is 0 Å². The van der Waals surface area contributed by atoms with Gasteiger partial charge in [-0.3, -0.25) is 4.79 Å². The minimum atomic E-state index is -3.84. The van der Waals surface area contributed by atoms with Crippen LogP contribution in [0.4, 0.5) is 4.39 Å². The van der Waals surface area contributed by atoms with Crippen molar-refractivity contribution in [3.05, 3.63) is 64.4 Å². The van der Waals surface area contributed by atoms with Gasteiger partial charge in [0, 0.05) is 5.02 Å². The van der Waals surface area contributed by atoms with E-state index in [0.29, 0.717) is 5.56 Å². The third-order valence-electron chi connectivity index (χ3n) is 4.10.